The van der Waals surface area contributed by atoms with E-state index in [2.05, 4.69) is 84.9 Å². The molecule has 8 rings (SSSR count). The third-order valence-electron chi connectivity index (χ3n) is 8.00. The third-order valence-corrected chi connectivity index (χ3v) is 8.00. The number of pyridine rings is 2. The summed E-state index contributed by atoms with van der Waals surface area (Å²) in [5.74, 6) is 1.71. The lowest BCUT2D eigenvalue weighted by molar-refractivity contribution is 1.06. The van der Waals surface area contributed by atoms with Gasteiger partial charge in [0.05, 0.1) is 11.0 Å². The predicted octanol–water partition coefficient (Wildman–Crippen LogP) is 9.61. The molecule has 5 aromatic carbocycles. The summed E-state index contributed by atoms with van der Waals surface area (Å²) in [5.41, 5.74) is 9.70. The van der Waals surface area contributed by atoms with Crippen molar-refractivity contribution in [3.63, 3.8) is 0 Å². The van der Waals surface area contributed by atoms with E-state index in [0.29, 0.717) is 23.2 Å². The van der Waals surface area contributed by atoms with Crippen LogP contribution >= 0.6 is 0 Å². The van der Waals surface area contributed by atoms with E-state index in [0.717, 1.165) is 60.9 Å². The Morgan fingerprint density at radius 3 is 1.56 bits per heavy atom. The van der Waals surface area contributed by atoms with Gasteiger partial charge in [-0.05, 0) is 41.3 Å². The summed E-state index contributed by atoms with van der Waals surface area (Å²) < 4.78 is 0. The lowest BCUT2D eigenvalue weighted by Crippen LogP contribution is -2.01. The maximum atomic E-state index is 5.16. The minimum atomic E-state index is 0.515. The zero-order chi connectivity index (χ0) is 30.2. The van der Waals surface area contributed by atoms with E-state index in [4.69, 9.17) is 24.9 Å². The normalized spacial score (nSPS) is 11.2. The Kier molecular flexibility index (Phi) is 6.61. The molecule has 45 heavy (non-hydrogen) atoms. The molecule has 0 aliphatic heterocycles. The van der Waals surface area contributed by atoms with Gasteiger partial charge >= 0.3 is 0 Å². The van der Waals surface area contributed by atoms with Gasteiger partial charge in [-0.2, -0.15) is 0 Å². The Hall–Kier alpha value is -6.07. The Labute approximate surface area is 261 Å². The van der Waals surface area contributed by atoms with Crippen molar-refractivity contribution in [1.82, 2.24) is 24.9 Å². The first kappa shape index (κ1) is 26.5. The predicted molar refractivity (Wildman–Crippen MR) is 182 cm³/mol. The SMILES string of the molecule is Cc1cc(-c2ccccc2)c2ccc3ccc(-c4nc(-c5ccccc5)nc(-c5ccc(-c6ccccc6)cc5)n4)nc3c2n1. The van der Waals surface area contributed by atoms with Crippen molar-refractivity contribution >= 4 is 21.8 Å². The highest BCUT2D eigenvalue weighted by molar-refractivity contribution is 6.08. The van der Waals surface area contributed by atoms with Crippen molar-refractivity contribution in [2.24, 2.45) is 0 Å². The molecular formula is C40H27N5. The Morgan fingerprint density at radius 1 is 0.378 bits per heavy atom. The zero-order valence-electron chi connectivity index (χ0n) is 24.6. The molecule has 212 valence electrons. The van der Waals surface area contributed by atoms with Gasteiger partial charge in [0.2, 0.25) is 0 Å². The number of hydrogen-bond acceptors (Lipinski definition) is 5. The molecule has 0 spiro atoms. The number of benzene rings is 5. The number of nitrogens with zero attached hydrogens (tertiary/aromatic N) is 5. The van der Waals surface area contributed by atoms with Gasteiger partial charge in [0.25, 0.3) is 0 Å². The van der Waals surface area contributed by atoms with Gasteiger partial charge in [0.15, 0.2) is 17.5 Å². The van der Waals surface area contributed by atoms with Crippen LogP contribution in [0.3, 0.4) is 0 Å². The van der Waals surface area contributed by atoms with Crippen LogP contribution in [-0.2, 0) is 0 Å². The first-order chi connectivity index (χ1) is 22.2. The van der Waals surface area contributed by atoms with Crippen molar-refractivity contribution in [2.75, 3.05) is 0 Å². The summed E-state index contributed by atoms with van der Waals surface area (Å²) in [6.07, 6.45) is 0. The van der Waals surface area contributed by atoms with Crippen LogP contribution in [0, 0.1) is 6.92 Å². The summed E-state index contributed by atoms with van der Waals surface area (Å²) in [7, 11) is 0. The Balaban J connectivity index is 1.29. The topological polar surface area (TPSA) is 64.5 Å². The Morgan fingerprint density at radius 2 is 0.889 bits per heavy atom. The number of hydrogen-bond donors (Lipinski definition) is 0. The second kappa shape index (κ2) is 11.2. The molecule has 0 amide bonds. The largest absolute Gasteiger partial charge is 0.251 e. The molecule has 0 aliphatic rings. The lowest BCUT2D eigenvalue weighted by Gasteiger charge is -2.12. The van der Waals surface area contributed by atoms with Crippen molar-refractivity contribution in [3.05, 3.63) is 151 Å². The van der Waals surface area contributed by atoms with Gasteiger partial charge in [-0.3, -0.25) is 4.98 Å². The monoisotopic (exact) mass is 577 g/mol. The van der Waals surface area contributed by atoms with Gasteiger partial charge in [0.1, 0.15) is 5.69 Å². The molecule has 0 bridgehead atoms. The van der Waals surface area contributed by atoms with E-state index in [1.807, 2.05) is 67.6 Å². The van der Waals surface area contributed by atoms with Crippen LogP contribution in [0.4, 0.5) is 0 Å². The molecule has 0 aliphatic carbocycles. The minimum Gasteiger partial charge on any atom is -0.251 e. The summed E-state index contributed by atoms with van der Waals surface area (Å²) >= 11 is 0. The van der Waals surface area contributed by atoms with E-state index in [9.17, 15) is 0 Å². The maximum Gasteiger partial charge on any atom is 0.182 e. The van der Waals surface area contributed by atoms with E-state index < -0.39 is 0 Å². The van der Waals surface area contributed by atoms with Crippen LogP contribution in [0.1, 0.15) is 5.69 Å². The molecule has 3 aromatic heterocycles. The fraction of sp³-hybridized carbons (Fsp3) is 0.0250. The standard InChI is InChI=1S/C40H27N5/c1-26-25-34(29-13-7-3-8-14-29)33-23-21-30-22-24-35(42-36(30)37(33)41-26)40-44-38(31-15-9-4-10-16-31)43-39(45-40)32-19-17-28(18-20-32)27-11-5-2-6-12-27/h2-25H,1H3. The second-order valence-corrected chi connectivity index (χ2v) is 11.0. The molecule has 8 aromatic rings. The number of aromatic nitrogens is 5. The highest BCUT2D eigenvalue weighted by Gasteiger charge is 2.16. The van der Waals surface area contributed by atoms with E-state index in [1.165, 1.54) is 0 Å². The molecule has 0 N–H and O–H groups in total. The van der Waals surface area contributed by atoms with Crippen LogP contribution in [0.25, 0.3) is 78.4 Å². The summed E-state index contributed by atoms with van der Waals surface area (Å²) in [5, 5.41) is 2.07. The summed E-state index contributed by atoms with van der Waals surface area (Å²) in [6.45, 7) is 2.03. The highest BCUT2D eigenvalue weighted by atomic mass is 15.0. The summed E-state index contributed by atoms with van der Waals surface area (Å²) in [4.78, 5) is 24.9. The fourth-order valence-corrected chi connectivity index (χ4v) is 5.76. The molecule has 5 nitrogen and oxygen atoms in total. The number of aryl methyl sites for hydroxylation is 1. The molecule has 0 fully saturated rings. The van der Waals surface area contributed by atoms with Crippen LogP contribution < -0.4 is 0 Å². The molecule has 0 unspecified atom stereocenters. The van der Waals surface area contributed by atoms with Crippen LogP contribution in [0.2, 0.25) is 0 Å². The van der Waals surface area contributed by atoms with Crippen molar-refractivity contribution in [1.29, 1.82) is 0 Å². The van der Waals surface area contributed by atoms with Gasteiger partial charge < -0.3 is 0 Å². The van der Waals surface area contributed by atoms with E-state index in [-0.39, 0.29) is 0 Å². The van der Waals surface area contributed by atoms with E-state index in [1.54, 1.807) is 0 Å². The fourth-order valence-electron chi connectivity index (χ4n) is 5.76. The quantitative estimate of drug-likeness (QED) is 0.191. The van der Waals surface area contributed by atoms with Gasteiger partial charge in [0, 0.05) is 27.6 Å². The van der Waals surface area contributed by atoms with Crippen LogP contribution in [0.5, 0.6) is 0 Å². The third kappa shape index (κ3) is 5.11. The van der Waals surface area contributed by atoms with Gasteiger partial charge in [-0.15, -0.1) is 0 Å². The first-order valence-corrected chi connectivity index (χ1v) is 14.9. The van der Waals surface area contributed by atoms with Crippen molar-refractivity contribution in [2.45, 2.75) is 6.92 Å². The molecule has 5 heteroatoms. The van der Waals surface area contributed by atoms with Gasteiger partial charge in [-0.1, -0.05) is 133 Å². The minimum absolute atomic E-state index is 0.515. The zero-order valence-corrected chi connectivity index (χ0v) is 24.6. The van der Waals surface area contributed by atoms with Gasteiger partial charge in [-0.25, -0.2) is 19.9 Å². The average molecular weight is 578 g/mol. The molecule has 3 heterocycles. The molecular weight excluding hydrogens is 550 g/mol. The smallest absolute Gasteiger partial charge is 0.182 e. The van der Waals surface area contributed by atoms with Crippen molar-refractivity contribution < 1.29 is 0 Å². The second-order valence-electron chi connectivity index (χ2n) is 11.0. The molecule has 0 saturated heterocycles. The highest BCUT2D eigenvalue weighted by Crippen LogP contribution is 2.33. The molecule has 0 radical (unpaired) electrons. The van der Waals surface area contributed by atoms with Crippen molar-refractivity contribution in [3.8, 4) is 56.5 Å². The first-order valence-electron chi connectivity index (χ1n) is 14.9. The lowest BCUT2D eigenvalue weighted by atomic mass is 9.99. The maximum absolute atomic E-state index is 5.16. The molecule has 0 saturated carbocycles. The summed E-state index contributed by atoms with van der Waals surface area (Å²) in [6, 6.07) is 49.6. The average Bonchev–Trinajstić information content (AvgIpc) is 3.12. The molecule has 0 atom stereocenters. The van der Waals surface area contributed by atoms with Crippen LogP contribution in [-0.4, -0.2) is 24.9 Å². The van der Waals surface area contributed by atoms with Crippen LogP contribution in [0.15, 0.2) is 146 Å². The van der Waals surface area contributed by atoms with E-state index >= 15 is 0 Å². The number of fused-ring (bicyclic) bond motifs is 3. The Bertz CT molecular complexity index is 2300. The number of rotatable bonds is 5.